The molecule has 0 saturated heterocycles. The Hall–Kier alpha value is -2.70. The number of aryl methyl sites for hydroxylation is 1. The smallest absolute Gasteiger partial charge is 0.328 e. The Morgan fingerprint density at radius 3 is 2.87 bits per heavy atom. The van der Waals surface area contributed by atoms with E-state index in [1.165, 1.54) is 17.8 Å². The van der Waals surface area contributed by atoms with Crippen LogP contribution in [0.25, 0.3) is 0 Å². The summed E-state index contributed by atoms with van der Waals surface area (Å²) in [6, 6.07) is 3.46. The lowest BCUT2D eigenvalue weighted by Gasteiger charge is -2.18. The summed E-state index contributed by atoms with van der Waals surface area (Å²) in [4.78, 5) is 41.8. The topological polar surface area (TPSA) is 96.9 Å². The number of aromatic amines is 1. The molecular formula is C16H20N4O3. The number of nitrogens with zero attached hydrogens (tertiary/aromatic N) is 2. The highest BCUT2D eigenvalue weighted by Crippen LogP contribution is 2.18. The first-order valence-corrected chi connectivity index (χ1v) is 7.53. The summed E-state index contributed by atoms with van der Waals surface area (Å²) in [6.07, 6.45) is 7.29. The summed E-state index contributed by atoms with van der Waals surface area (Å²) in [6.45, 7) is 2.07. The lowest BCUT2D eigenvalue weighted by atomic mass is 10.0. The maximum absolute atomic E-state index is 12.4. The number of carbonyl (C=O) groups excluding carboxylic acids is 1. The van der Waals surface area contributed by atoms with Crippen LogP contribution in [0.2, 0.25) is 0 Å². The Kier molecular flexibility index (Phi) is 5.46. The SMILES string of the molecule is CCCCC(NC(=O)c1cn(C)c(=O)[nH]c1=O)c1cccnc1. The summed E-state index contributed by atoms with van der Waals surface area (Å²) in [5.41, 5.74) is -0.444. The minimum absolute atomic E-state index is 0.0857. The number of hydrogen-bond donors (Lipinski definition) is 2. The molecular weight excluding hydrogens is 296 g/mol. The molecule has 122 valence electrons. The molecule has 2 aromatic rings. The van der Waals surface area contributed by atoms with E-state index in [1.54, 1.807) is 18.5 Å². The molecule has 23 heavy (non-hydrogen) atoms. The number of carbonyl (C=O) groups is 1. The summed E-state index contributed by atoms with van der Waals surface area (Å²) in [5.74, 6) is -0.508. The van der Waals surface area contributed by atoms with Crippen LogP contribution >= 0.6 is 0 Å². The minimum Gasteiger partial charge on any atom is -0.345 e. The van der Waals surface area contributed by atoms with Crippen molar-refractivity contribution in [2.24, 2.45) is 7.05 Å². The van der Waals surface area contributed by atoms with Crippen LogP contribution in [0.4, 0.5) is 0 Å². The number of unbranched alkanes of at least 4 members (excludes halogenated alkanes) is 1. The van der Waals surface area contributed by atoms with Gasteiger partial charge < -0.3 is 9.88 Å². The zero-order chi connectivity index (χ0) is 16.8. The minimum atomic E-state index is -0.689. The van der Waals surface area contributed by atoms with Crippen LogP contribution in [0.5, 0.6) is 0 Å². The fourth-order valence-corrected chi connectivity index (χ4v) is 2.27. The Bertz CT molecular complexity index is 780. The van der Waals surface area contributed by atoms with Crippen LogP contribution in [-0.2, 0) is 7.05 Å². The third kappa shape index (κ3) is 4.15. The molecule has 1 unspecified atom stereocenters. The maximum atomic E-state index is 12.4. The fraction of sp³-hybridized carbons (Fsp3) is 0.375. The van der Waals surface area contributed by atoms with Gasteiger partial charge >= 0.3 is 5.69 Å². The largest absolute Gasteiger partial charge is 0.345 e. The van der Waals surface area contributed by atoms with Gasteiger partial charge in [-0.2, -0.15) is 0 Å². The first-order valence-electron chi connectivity index (χ1n) is 7.53. The van der Waals surface area contributed by atoms with Crippen molar-refractivity contribution < 1.29 is 4.79 Å². The zero-order valence-corrected chi connectivity index (χ0v) is 13.2. The van der Waals surface area contributed by atoms with Crippen molar-refractivity contribution in [3.05, 3.63) is 62.7 Å². The van der Waals surface area contributed by atoms with Crippen LogP contribution in [0, 0.1) is 0 Å². The van der Waals surface area contributed by atoms with Gasteiger partial charge in [-0.3, -0.25) is 19.6 Å². The molecule has 7 heteroatoms. The quantitative estimate of drug-likeness (QED) is 0.835. The predicted molar refractivity (Wildman–Crippen MR) is 86.3 cm³/mol. The van der Waals surface area contributed by atoms with Gasteiger partial charge in [0.25, 0.3) is 11.5 Å². The van der Waals surface area contributed by atoms with Crippen molar-refractivity contribution in [2.75, 3.05) is 0 Å². The average Bonchev–Trinajstić information content (AvgIpc) is 2.55. The molecule has 0 aliphatic heterocycles. The second-order valence-corrected chi connectivity index (χ2v) is 5.37. The number of amides is 1. The number of hydrogen-bond acceptors (Lipinski definition) is 4. The third-order valence-electron chi connectivity index (χ3n) is 3.59. The summed E-state index contributed by atoms with van der Waals surface area (Å²) >= 11 is 0. The highest BCUT2D eigenvalue weighted by molar-refractivity contribution is 5.93. The number of pyridine rings is 1. The van der Waals surface area contributed by atoms with Crippen molar-refractivity contribution in [2.45, 2.75) is 32.2 Å². The Labute approximate surface area is 133 Å². The standard InChI is InChI=1S/C16H20N4O3/c1-3-4-7-13(11-6-5-8-17-9-11)18-14(21)12-10-20(2)16(23)19-15(12)22/h5-6,8-10,13H,3-4,7H2,1-2H3,(H,18,21)(H,19,22,23). The molecule has 0 spiro atoms. The number of aromatic nitrogens is 3. The highest BCUT2D eigenvalue weighted by Gasteiger charge is 2.18. The van der Waals surface area contributed by atoms with E-state index in [-0.39, 0.29) is 11.6 Å². The molecule has 0 aromatic carbocycles. The van der Waals surface area contributed by atoms with Crippen molar-refractivity contribution >= 4 is 5.91 Å². The molecule has 0 radical (unpaired) electrons. The molecule has 0 aliphatic carbocycles. The molecule has 2 aromatic heterocycles. The highest BCUT2D eigenvalue weighted by atomic mass is 16.2. The first kappa shape index (κ1) is 16.7. The van der Waals surface area contributed by atoms with Gasteiger partial charge in [0.1, 0.15) is 5.56 Å². The molecule has 1 amide bonds. The van der Waals surface area contributed by atoms with Crippen molar-refractivity contribution in [1.29, 1.82) is 0 Å². The number of rotatable bonds is 6. The average molecular weight is 316 g/mol. The molecule has 7 nitrogen and oxygen atoms in total. The van der Waals surface area contributed by atoms with Crippen molar-refractivity contribution in [1.82, 2.24) is 19.9 Å². The second-order valence-electron chi connectivity index (χ2n) is 5.37. The molecule has 2 N–H and O–H groups in total. The van der Waals surface area contributed by atoms with Crippen LogP contribution in [0.15, 0.2) is 40.3 Å². The van der Waals surface area contributed by atoms with E-state index in [9.17, 15) is 14.4 Å². The summed E-state index contributed by atoms with van der Waals surface area (Å²) in [7, 11) is 1.48. The molecule has 0 saturated carbocycles. The van der Waals surface area contributed by atoms with Crippen LogP contribution in [-0.4, -0.2) is 20.4 Å². The van der Waals surface area contributed by atoms with Crippen LogP contribution in [0.3, 0.4) is 0 Å². The Balaban J connectivity index is 2.26. The van der Waals surface area contributed by atoms with Gasteiger partial charge in [-0.25, -0.2) is 4.79 Å². The van der Waals surface area contributed by atoms with E-state index < -0.39 is 17.2 Å². The second kappa shape index (κ2) is 7.53. The molecule has 0 fully saturated rings. The van der Waals surface area contributed by atoms with Gasteiger partial charge in [0.2, 0.25) is 0 Å². The maximum Gasteiger partial charge on any atom is 0.328 e. The zero-order valence-electron chi connectivity index (χ0n) is 13.2. The van der Waals surface area contributed by atoms with E-state index in [0.717, 1.165) is 24.8 Å². The van der Waals surface area contributed by atoms with E-state index >= 15 is 0 Å². The lowest BCUT2D eigenvalue weighted by Crippen LogP contribution is -2.37. The van der Waals surface area contributed by atoms with E-state index in [1.807, 2.05) is 6.07 Å². The van der Waals surface area contributed by atoms with Crippen LogP contribution in [0.1, 0.15) is 48.1 Å². The van der Waals surface area contributed by atoms with Crippen LogP contribution < -0.4 is 16.6 Å². The van der Waals surface area contributed by atoms with Crippen molar-refractivity contribution in [3.8, 4) is 0 Å². The Morgan fingerprint density at radius 1 is 1.43 bits per heavy atom. The fourth-order valence-electron chi connectivity index (χ4n) is 2.27. The normalized spacial score (nSPS) is 11.9. The van der Waals surface area contributed by atoms with Gasteiger partial charge in [0.05, 0.1) is 6.04 Å². The summed E-state index contributed by atoms with van der Waals surface area (Å²) < 4.78 is 1.17. The number of H-pyrrole nitrogens is 1. The molecule has 2 rings (SSSR count). The first-order chi connectivity index (χ1) is 11.0. The summed E-state index contributed by atoms with van der Waals surface area (Å²) in [5, 5.41) is 2.86. The van der Waals surface area contributed by atoms with Gasteiger partial charge in [-0.15, -0.1) is 0 Å². The van der Waals surface area contributed by atoms with Gasteiger partial charge in [-0.05, 0) is 18.1 Å². The molecule has 1 atom stereocenters. The van der Waals surface area contributed by atoms with E-state index in [0.29, 0.717) is 0 Å². The van der Waals surface area contributed by atoms with Gasteiger partial charge in [0, 0.05) is 25.6 Å². The van der Waals surface area contributed by atoms with E-state index in [2.05, 4.69) is 22.2 Å². The number of nitrogens with one attached hydrogen (secondary N) is 2. The Morgan fingerprint density at radius 2 is 2.22 bits per heavy atom. The van der Waals surface area contributed by atoms with Gasteiger partial charge in [-0.1, -0.05) is 25.8 Å². The van der Waals surface area contributed by atoms with Crippen molar-refractivity contribution in [3.63, 3.8) is 0 Å². The molecule has 0 bridgehead atoms. The predicted octanol–water partition coefficient (Wildman–Crippen LogP) is 1.13. The molecule has 2 heterocycles. The third-order valence-corrected chi connectivity index (χ3v) is 3.59. The molecule has 0 aliphatic rings. The lowest BCUT2D eigenvalue weighted by molar-refractivity contribution is 0.0931. The van der Waals surface area contributed by atoms with E-state index in [4.69, 9.17) is 0 Å². The van der Waals surface area contributed by atoms with Gasteiger partial charge in [0.15, 0.2) is 0 Å². The monoisotopic (exact) mass is 316 g/mol.